The van der Waals surface area contributed by atoms with Gasteiger partial charge in [0.15, 0.2) is 11.5 Å². The Morgan fingerprint density at radius 2 is 2.25 bits per heavy atom. The van der Waals surface area contributed by atoms with Crippen LogP contribution in [0.5, 0.6) is 11.5 Å². The van der Waals surface area contributed by atoms with Crippen LogP contribution in [0, 0.1) is 0 Å². The van der Waals surface area contributed by atoms with Gasteiger partial charge in [0, 0.05) is 12.3 Å². The molecular weight excluding hydrogens is 280 g/mol. The second-order valence-corrected chi connectivity index (χ2v) is 5.57. The first-order valence-electron chi connectivity index (χ1n) is 6.26. The van der Waals surface area contributed by atoms with Crippen LogP contribution >= 0.6 is 11.8 Å². The Kier molecular flexibility index (Phi) is 3.68. The van der Waals surface area contributed by atoms with Crippen molar-refractivity contribution < 1.29 is 19.1 Å². The number of thioether (sulfide) groups is 1. The van der Waals surface area contributed by atoms with Crippen molar-refractivity contribution in [2.45, 2.75) is 12.6 Å². The molecule has 0 spiro atoms. The Bertz CT molecular complexity index is 549. The van der Waals surface area contributed by atoms with Crippen molar-refractivity contribution in [2.24, 2.45) is 0 Å². The Balaban J connectivity index is 1.56. The number of amides is 2. The minimum Gasteiger partial charge on any atom is -0.454 e. The van der Waals surface area contributed by atoms with E-state index in [1.54, 1.807) is 0 Å². The summed E-state index contributed by atoms with van der Waals surface area (Å²) < 4.78 is 10.5. The van der Waals surface area contributed by atoms with Gasteiger partial charge in [-0.05, 0) is 17.7 Å². The molecule has 2 amide bonds. The Morgan fingerprint density at radius 3 is 3.10 bits per heavy atom. The Hall–Kier alpha value is -1.89. The number of ether oxygens (including phenoxy) is 2. The summed E-state index contributed by atoms with van der Waals surface area (Å²) in [5, 5.41) is 5.49. The number of carbonyl (C=O) groups is 2. The smallest absolute Gasteiger partial charge is 0.243 e. The zero-order valence-corrected chi connectivity index (χ0v) is 11.5. The van der Waals surface area contributed by atoms with Crippen LogP contribution in [0.2, 0.25) is 0 Å². The van der Waals surface area contributed by atoms with Gasteiger partial charge in [-0.15, -0.1) is 11.8 Å². The van der Waals surface area contributed by atoms with E-state index in [2.05, 4.69) is 10.6 Å². The molecule has 6 nitrogen and oxygen atoms in total. The lowest BCUT2D eigenvalue weighted by Crippen LogP contribution is -2.51. The minimum absolute atomic E-state index is 0.0931. The van der Waals surface area contributed by atoms with Crippen LogP contribution in [0.15, 0.2) is 18.2 Å². The van der Waals surface area contributed by atoms with E-state index in [1.807, 2.05) is 18.2 Å². The van der Waals surface area contributed by atoms with E-state index >= 15 is 0 Å². The van der Waals surface area contributed by atoms with Crippen molar-refractivity contribution in [3.63, 3.8) is 0 Å². The predicted molar refractivity (Wildman–Crippen MR) is 73.7 cm³/mol. The van der Waals surface area contributed by atoms with E-state index < -0.39 is 6.04 Å². The molecule has 1 aromatic carbocycles. The maximum atomic E-state index is 12.0. The third-order valence-electron chi connectivity index (χ3n) is 3.07. The molecule has 3 rings (SSSR count). The van der Waals surface area contributed by atoms with Crippen LogP contribution in [0.1, 0.15) is 5.56 Å². The van der Waals surface area contributed by atoms with Crippen LogP contribution in [0.25, 0.3) is 0 Å². The zero-order chi connectivity index (χ0) is 13.9. The Labute approximate surface area is 120 Å². The van der Waals surface area contributed by atoms with Crippen molar-refractivity contribution >= 4 is 23.6 Å². The summed E-state index contributed by atoms with van der Waals surface area (Å²) in [6.07, 6.45) is 0. The fraction of sp³-hybridized carbons (Fsp3) is 0.385. The molecule has 106 valence electrons. The molecule has 2 heterocycles. The first-order valence-corrected chi connectivity index (χ1v) is 7.41. The van der Waals surface area contributed by atoms with Crippen molar-refractivity contribution in [3.8, 4) is 11.5 Å². The van der Waals surface area contributed by atoms with Crippen molar-refractivity contribution in [1.82, 2.24) is 10.6 Å². The zero-order valence-electron chi connectivity index (χ0n) is 10.7. The normalized spacial score (nSPS) is 20.4. The highest BCUT2D eigenvalue weighted by Gasteiger charge is 2.24. The monoisotopic (exact) mass is 294 g/mol. The van der Waals surface area contributed by atoms with E-state index in [9.17, 15) is 9.59 Å². The Morgan fingerprint density at radius 1 is 1.40 bits per heavy atom. The van der Waals surface area contributed by atoms with Crippen LogP contribution in [-0.4, -0.2) is 36.2 Å². The molecule has 1 atom stereocenters. The summed E-state index contributed by atoms with van der Waals surface area (Å²) in [4.78, 5) is 23.2. The predicted octanol–water partition coefficient (Wildman–Crippen LogP) is 0.263. The molecule has 1 unspecified atom stereocenters. The molecule has 0 radical (unpaired) electrons. The van der Waals surface area contributed by atoms with Gasteiger partial charge in [-0.2, -0.15) is 0 Å². The maximum absolute atomic E-state index is 12.0. The fourth-order valence-electron chi connectivity index (χ4n) is 2.05. The van der Waals surface area contributed by atoms with Gasteiger partial charge in [-0.3, -0.25) is 9.59 Å². The minimum atomic E-state index is -0.449. The second kappa shape index (κ2) is 5.62. The van der Waals surface area contributed by atoms with Gasteiger partial charge in [0.2, 0.25) is 18.6 Å². The second-order valence-electron chi connectivity index (χ2n) is 4.54. The van der Waals surface area contributed by atoms with Crippen LogP contribution in [0.4, 0.5) is 0 Å². The molecule has 1 aromatic rings. The topological polar surface area (TPSA) is 76.7 Å². The molecule has 7 heteroatoms. The first-order chi connectivity index (χ1) is 9.72. The summed E-state index contributed by atoms with van der Waals surface area (Å²) in [7, 11) is 0. The molecule has 2 aliphatic heterocycles. The number of fused-ring (bicyclic) bond motifs is 1. The molecule has 2 N–H and O–H groups in total. The highest BCUT2D eigenvalue weighted by molar-refractivity contribution is 8.00. The van der Waals surface area contributed by atoms with E-state index in [0.29, 0.717) is 23.8 Å². The highest BCUT2D eigenvalue weighted by Crippen LogP contribution is 2.32. The van der Waals surface area contributed by atoms with E-state index in [0.717, 1.165) is 11.3 Å². The highest BCUT2D eigenvalue weighted by atomic mass is 32.2. The van der Waals surface area contributed by atoms with Gasteiger partial charge in [0.25, 0.3) is 0 Å². The van der Waals surface area contributed by atoms with E-state index in [-0.39, 0.29) is 18.6 Å². The van der Waals surface area contributed by atoms with Crippen LogP contribution in [-0.2, 0) is 16.1 Å². The lowest BCUT2D eigenvalue weighted by molar-refractivity contribution is -0.127. The number of carbonyl (C=O) groups excluding carboxylic acids is 2. The average molecular weight is 294 g/mol. The molecule has 1 saturated heterocycles. The van der Waals surface area contributed by atoms with Crippen LogP contribution < -0.4 is 20.1 Å². The molecule has 0 aromatic heterocycles. The van der Waals surface area contributed by atoms with Gasteiger partial charge in [-0.25, -0.2) is 0 Å². The summed E-state index contributed by atoms with van der Waals surface area (Å²) in [6, 6.07) is 5.09. The lowest BCUT2D eigenvalue weighted by Gasteiger charge is -2.22. The maximum Gasteiger partial charge on any atom is 0.243 e. The number of hydrogen-bond acceptors (Lipinski definition) is 5. The molecule has 2 aliphatic rings. The quantitative estimate of drug-likeness (QED) is 0.836. The SMILES string of the molecule is O=C1CSCC(C(=O)NCc2ccc3c(c2)OCO3)N1. The largest absolute Gasteiger partial charge is 0.454 e. The summed E-state index contributed by atoms with van der Waals surface area (Å²) >= 11 is 1.47. The average Bonchev–Trinajstić information content (AvgIpc) is 2.92. The van der Waals surface area contributed by atoms with Crippen molar-refractivity contribution in [3.05, 3.63) is 23.8 Å². The number of rotatable bonds is 3. The molecule has 1 fully saturated rings. The van der Waals surface area contributed by atoms with Gasteiger partial charge in [0.1, 0.15) is 6.04 Å². The van der Waals surface area contributed by atoms with Gasteiger partial charge < -0.3 is 20.1 Å². The first kappa shape index (κ1) is 13.1. The summed E-state index contributed by atoms with van der Waals surface area (Å²) in [6.45, 7) is 0.628. The van der Waals surface area contributed by atoms with Crippen molar-refractivity contribution in [1.29, 1.82) is 0 Å². The summed E-state index contributed by atoms with van der Waals surface area (Å²) in [5.74, 6) is 2.19. The van der Waals surface area contributed by atoms with Gasteiger partial charge in [-0.1, -0.05) is 6.07 Å². The molecule has 0 bridgehead atoms. The standard InChI is InChI=1S/C13H14N2O4S/c16-12-6-20-5-9(15-12)13(17)14-4-8-1-2-10-11(3-8)19-7-18-10/h1-3,9H,4-7H2,(H,14,17)(H,15,16). The number of nitrogens with one attached hydrogen (secondary N) is 2. The molecule has 0 aliphatic carbocycles. The molecule has 0 saturated carbocycles. The lowest BCUT2D eigenvalue weighted by atomic mass is 10.2. The third kappa shape index (κ3) is 2.82. The molecular formula is C13H14N2O4S. The number of hydrogen-bond donors (Lipinski definition) is 2. The molecule has 20 heavy (non-hydrogen) atoms. The van der Waals surface area contributed by atoms with Gasteiger partial charge >= 0.3 is 0 Å². The fourth-order valence-corrected chi connectivity index (χ4v) is 2.91. The van der Waals surface area contributed by atoms with E-state index in [1.165, 1.54) is 11.8 Å². The number of benzene rings is 1. The van der Waals surface area contributed by atoms with Gasteiger partial charge in [0.05, 0.1) is 5.75 Å². The third-order valence-corrected chi connectivity index (χ3v) is 4.11. The van der Waals surface area contributed by atoms with E-state index in [4.69, 9.17) is 9.47 Å². The van der Waals surface area contributed by atoms with Crippen molar-refractivity contribution in [2.75, 3.05) is 18.3 Å². The van der Waals surface area contributed by atoms with Crippen LogP contribution in [0.3, 0.4) is 0 Å². The summed E-state index contributed by atoms with van der Waals surface area (Å²) in [5.41, 5.74) is 0.928.